The van der Waals surface area contributed by atoms with E-state index in [1.165, 1.54) is 12.0 Å². The van der Waals surface area contributed by atoms with Gasteiger partial charge in [0.1, 0.15) is 5.75 Å². The van der Waals surface area contributed by atoms with E-state index in [0.717, 1.165) is 11.3 Å². The molecule has 0 saturated heterocycles. The van der Waals surface area contributed by atoms with Gasteiger partial charge in [-0.3, -0.25) is 4.79 Å². The predicted octanol–water partition coefficient (Wildman–Crippen LogP) is 3.74. The van der Waals surface area contributed by atoms with Crippen LogP contribution >= 0.6 is 22.9 Å². The van der Waals surface area contributed by atoms with Gasteiger partial charge in [-0.2, -0.15) is 5.10 Å². The van der Waals surface area contributed by atoms with Crippen molar-refractivity contribution in [3.05, 3.63) is 50.7 Å². The molecule has 0 unspecified atom stereocenters. The molecule has 6 heteroatoms. The van der Waals surface area contributed by atoms with E-state index >= 15 is 0 Å². The van der Waals surface area contributed by atoms with Crippen LogP contribution in [0, 0.1) is 0 Å². The number of nitrogens with zero attached hydrogens (tertiary/aromatic N) is 1. The van der Waals surface area contributed by atoms with Crippen molar-refractivity contribution < 1.29 is 9.53 Å². The van der Waals surface area contributed by atoms with Crippen LogP contribution in [-0.2, 0) is 6.42 Å². The molecule has 110 valence electrons. The van der Waals surface area contributed by atoms with E-state index in [4.69, 9.17) is 16.3 Å². The average molecular weight is 323 g/mol. The number of halogens is 1. The fraction of sp³-hybridized carbons (Fsp3) is 0.200. The summed E-state index contributed by atoms with van der Waals surface area (Å²) in [5.41, 5.74) is 2.82. The summed E-state index contributed by atoms with van der Waals surface area (Å²) in [6.45, 7) is 2.10. The zero-order chi connectivity index (χ0) is 15.2. The van der Waals surface area contributed by atoms with Gasteiger partial charge in [0.2, 0.25) is 0 Å². The Morgan fingerprint density at radius 2 is 2.24 bits per heavy atom. The standard InChI is InChI=1S/C15H15ClN2O2S/c1-3-11-5-6-12(21-11)9-17-18-15(19)13-8-10(16)4-7-14(13)20-2/h4-9H,3H2,1-2H3,(H,18,19). The lowest BCUT2D eigenvalue weighted by Crippen LogP contribution is -2.18. The Hall–Kier alpha value is -1.85. The fourth-order valence-electron chi connectivity index (χ4n) is 1.73. The first-order valence-electron chi connectivity index (χ1n) is 6.39. The minimum atomic E-state index is -0.363. The number of aryl methyl sites for hydroxylation is 1. The molecule has 2 rings (SSSR count). The molecule has 0 fully saturated rings. The molecule has 1 N–H and O–H groups in total. The van der Waals surface area contributed by atoms with Crippen LogP contribution in [0.1, 0.15) is 27.0 Å². The summed E-state index contributed by atoms with van der Waals surface area (Å²) in [6, 6.07) is 8.88. The van der Waals surface area contributed by atoms with Crippen molar-refractivity contribution in [1.82, 2.24) is 5.43 Å². The smallest absolute Gasteiger partial charge is 0.275 e. The summed E-state index contributed by atoms with van der Waals surface area (Å²) >= 11 is 7.54. The topological polar surface area (TPSA) is 50.7 Å². The van der Waals surface area contributed by atoms with E-state index in [0.29, 0.717) is 16.3 Å². The number of ether oxygens (including phenoxy) is 1. The molecule has 0 saturated carbocycles. The molecule has 1 aromatic carbocycles. The van der Waals surface area contributed by atoms with Crippen LogP contribution in [0.3, 0.4) is 0 Å². The lowest BCUT2D eigenvalue weighted by molar-refractivity contribution is 0.0952. The molecule has 4 nitrogen and oxygen atoms in total. The lowest BCUT2D eigenvalue weighted by atomic mass is 10.2. The van der Waals surface area contributed by atoms with Gasteiger partial charge in [-0.1, -0.05) is 18.5 Å². The molecule has 21 heavy (non-hydrogen) atoms. The van der Waals surface area contributed by atoms with Crippen LogP contribution in [-0.4, -0.2) is 19.2 Å². The quantitative estimate of drug-likeness (QED) is 0.673. The third-order valence-electron chi connectivity index (χ3n) is 2.79. The Balaban J connectivity index is 2.06. The van der Waals surface area contributed by atoms with Gasteiger partial charge in [0, 0.05) is 14.8 Å². The number of benzene rings is 1. The molecule has 0 spiro atoms. The first-order valence-corrected chi connectivity index (χ1v) is 7.59. The third-order valence-corrected chi connectivity index (χ3v) is 4.19. The first kappa shape index (κ1) is 15.5. The highest BCUT2D eigenvalue weighted by atomic mass is 35.5. The van der Waals surface area contributed by atoms with Crippen molar-refractivity contribution in [2.24, 2.45) is 5.10 Å². The average Bonchev–Trinajstić information content (AvgIpc) is 2.95. The minimum absolute atomic E-state index is 0.350. The van der Waals surface area contributed by atoms with Gasteiger partial charge in [-0.15, -0.1) is 11.3 Å². The van der Waals surface area contributed by atoms with Crippen LogP contribution in [0.4, 0.5) is 0 Å². The molecule has 0 aliphatic heterocycles. The lowest BCUT2D eigenvalue weighted by Gasteiger charge is -2.06. The monoisotopic (exact) mass is 322 g/mol. The van der Waals surface area contributed by atoms with Crippen LogP contribution in [0.2, 0.25) is 5.02 Å². The summed E-state index contributed by atoms with van der Waals surface area (Å²) in [5.74, 6) is 0.0920. The van der Waals surface area contributed by atoms with Crippen molar-refractivity contribution in [3.63, 3.8) is 0 Å². The van der Waals surface area contributed by atoms with Crippen LogP contribution in [0.15, 0.2) is 35.4 Å². The number of rotatable bonds is 5. The normalized spacial score (nSPS) is 10.8. The van der Waals surface area contributed by atoms with Crippen molar-refractivity contribution in [1.29, 1.82) is 0 Å². The number of carbonyl (C=O) groups excluding carboxylic acids is 1. The molecule has 1 amide bonds. The Kier molecular flexibility index (Phi) is 5.36. The van der Waals surface area contributed by atoms with E-state index in [1.54, 1.807) is 35.8 Å². The number of carbonyl (C=O) groups is 1. The second kappa shape index (κ2) is 7.24. The zero-order valence-electron chi connectivity index (χ0n) is 11.7. The number of hydrogen-bond donors (Lipinski definition) is 1. The number of thiophene rings is 1. The maximum atomic E-state index is 12.1. The van der Waals surface area contributed by atoms with Gasteiger partial charge in [-0.05, 0) is 36.8 Å². The SMILES string of the molecule is CCc1ccc(C=NNC(=O)c2cc(Cl)ccc2OC)s1. The van der Waals surface area contributed by atoms with E-state index in [2.05, 4.69) is 17.5 Å². The number of methoxy groups -OCH3 is 1. The Bertz CT molecular complexity index is 667. The Morgan fingerprint density at radius 1 is 1.43 bits per heavy atom. The highest BCUT2D eigenvalue weighted by Gasteiger charge is 2.12. The van der Waals surface area contributed by atoms with Crippen molar-refractivity contribution in [2.45, 2.75) is 13.3 Å². The van der Waals surface area contributed by atoms with Crippen molar-refractivity contribution >= 4 is 35.1 Å². The zero-order valence-corrected chi connectivity index (χ0v) is 13.3. The van der Waals surface area contributed by atoms with Gasteiger partial charge in [0.15, 0.2) is 0 Å². The summed E-state index contributed by atoms with van der Waals surface area (Å²) in [5, 5.41) is 4.43. The Labute approximate surface area is 132 Å². The molecule has 0 bridgehead atoms. The summed E-state index contributed by atoms with van der Waals surface area (Å²) in [7, 11) is 1.50. The van der Waals surface area contributed by atoms with Gasteiger partial charge < -0.3 is 4.74 Å². The van der Waals surface area contributed by atoms with Crippen molar-refractivity contribution in [2.75, 3.05) is 7.11 Å². The van der Waals surface area contributed by atoms with E-state index in [-0.39, 0.29) is 5.91 Å². The highest BCUT2D eigenvalue weighted by molar-refractivity contribution is 7.13. The molecule has 1 heterocycles. The number of hydrogen-bond acceptors (Lipinski definition) is 4. The summed E-state index contributed by atoms with van der Waals surface area (Å²) < 4.78 is 5.13. The number of amides is 1. The highest BCUT2D eigenvalue weighted by Crippen LogP contribution is 2.22. The summed E-state index contributed by atoms with van der Waals surface area (Å²) in [4.78, 5) is 14.3. The molecule has 1 aromatic heterocycles. The first-order chi connectivity index (χ1) is 10.1. The molecule has 0 atom stereocenters. The number of hydrazone groups is 1. The number of nitrogens with one attached hydrogen (secondary N) is 1. The van der Waals surface area contributed by atoms with E-state index < -0.39 is 0 Å². The van der Waals surface area contributed by atoms with Gasteiger partial charge in [-0.25, -0.2) is 5.43 Å². The van der Waals surface area contributed by atoms with Crippen LogP contribution in [0.5, 0.6) is 5.75 Å². The minimum Gasteiger partial charge on any atom is -0.496 e. The molecule has 2 aromatic rings. The summed E-state index contributed by atoms with van der Waals surface area (Å²) in [6.07, 6.45) is 2.61. The predicted molar refractivity (Wildman–Crippen MR) is 86.8 cm³/mol. The second-order valence-corrected chi connectivity index (χ2v) is 5.84. The largest absolute Gasteiger partial charge is 0.496 e. The molecule has 0 aliphatic rings. The fourth-order valence-corrected chi connectivity index (χ4v) is 2.72. The maximum absolute atomic E-state index is 12.1. The van der Waals surface area contributed by atoms with Crippen LogP contribution < -0.4 is 10.2 Å². The molecule has 0 radical (unpaired) electrons. The van der Waals surface area contributed by atoms with Gasteiger partial charge in [0.25, 0.3) is 5.91 Å². The van der Waals surface area contributed by atoms with Crippen molar-refractivity contribution in [3.8, 4) is 5.75 Å². The molecular formula is C15H15ClN2O2S. The van der Waals surface area contributed by atoms with E-state index in [9.17, 15) is 4.79 Å². The Morgan fingerprint density at radius 3 is 2.90 bits per heavy atom. The molecular weight excluding hydrogens is 308 g/mol. The third kappa shape index (κ3) is 4.06. The van der Waals surface area contributed by atoms with Crippen LogP contribution in [0.25, 0.3) is 0 Å². The van der Waals surface area contributed by atoms with E-state index in [1.807, 2.05) is 12.1 Å². The second-order valence-electron chi connectivity index (χ2n) is 4.20. The van der Waals surface area contributed by atoms with Gasteiger partial charge >= 0.3 is 0 Å². The van der Waals surface area contributed by atoms with Gasteiger partial charge in [0.05, 0.1) is 18.9 Å². The molecule has 0 aliphatic carbocycles. The maximum Gasteiger partial charge on any atom is 0.275 e.